The first-order valence-electron chi connectivity index (χ1n) is 5.74. The molecule has 2 aromatic rings. The van der Waals surface area contributed by atoms with Crippen LogP contribution in [0.25, 0.3) is 11.4 Å². The van der Waals surface area contributed by atoms with Crippen LogP contribution in [0, 0.1) is 6.92 Å². The highest BCUT2D eigenvalue weighted by Crippen LogP contribution is 2.27. The predicted molar refractivity (Wildman–Crippen MR) is 70.4 cm³/mol. The molecule has 0 saturated heterocycles. The van der Waals surface area contributed by atoms with Crippen LogP contribution in [0.3, 0.4) is 0 Å². The molecule has 0 aliphatic carbocycles. The normalized spacial score (nSPS) is 10.3. The van der Waals surface area contributed by atoms with Crippen LogP contribution in [-0.2, 0) is 16.0 Å². The first-order chi connectivity index (χ1) is 8.70. The van der Waals surface area contributed by atoms with Gasteiger partial charge in [-0.1, -0.05) is 6.07 Å². The maximum Gasteiger partial charge on any atom is 0.311 e. The van der Waals surface area contributed by atoms with E-state index in [0.717, 1.165) is 21.3 Å². The molecule has 5 heteroatoms. The second-order valence-electron chi connectivity index (χ2n) is 3.70. The van der Waals surface area contributed by atoms with Gasteiger partial charge >= 0.3 is 5.97 Å². The zero-order valence-electron chi connectivity index (χ0n) is 10.3. The molecule has 0 bridgehead atoms. The Balaban J connectivity index is 2.29. The van der Waals surface area contributed by atoms with Crippen molar-refractivity contribution < 1.29 is 9.53 Å². The molecule has 0 radical (unpaired) electrons. The highest BCUT2D eigenvalue weighted by atomic mass is 32.1. The minimum atomic E-state index is -0.224. The monoisotopic (exact) mass is 262 g/mol. The summed E-state index contributed by atoms with van der Waals surface area (Å²) < 4.78 is 4.97. The van der Waals surface area contributed by atoms with E-state index in [1.165, 1.54) is 11.3 Å². The molecule has 0 aromatic carbocycles. The number of hydrogen-bond acceptors (Lipinski definition) is 5. The van der Waals surface area contributed by atoms with Gasteiger partial charge in [0.2, 0.25) is 0 Å². The summed E-state index contributed by atoms with van der Waals surface area (Å²) in [6.07, 6.45) is 1.98. The highest BCUT2D eigenvalue weighted by Gasteiger charge is 2.15. The van der Waals surface area contributed by atoms with E-state index >= 15 is 0 Å². The molecule has 0 N–H and O–H groups in total. The molecule has 0 atom stereocenters. The average Bonchev–Trinajstić information content (AvgIpc) is 2.71. The molecule has 0 saturated carbocycles. The number of pyridine rings is 1. The van der Waals surface area contributed by atoms with Crippen LogP contribution in [0.2, 0.25) is 0 Å². The van der Waals surface area contributed by atoms with Gasteiger partial charge in [-0.25, -0.2) is 4.98 Å². The molecule has 18 heavy (non-hydrogen) atoms. The van der Waals surface area contributed by atoms with Gasteiger partial charge in [0.15, 0.2) is 0 Å². The third-order valence-corrected chi connectivity index (χ3v) is 3.29. The van der Waals surface area contributed by atoms with Crippen LogP contribution < -0.4 is 0 Å². The van der Waals surface area contributed by atoms with Crippen molar-refractivity contribution in [3.8, 4) is 11.4 Å². The summed E-state index contributed by atoms with van der Waals surface area (Å²) in [5.41, 5.74) is 1.58. The van der Waals surface area contributed by atoms with Crippen LogP contribution in [-0.4, -0.2) is 22.5 Å². The Morgan fingerprint density at radius 2 is 2.28 bits per heavy atom. The largest absolute Gasteiger partial charge is 0.466 e. The van der Waals surface area contributed by atoms with Crippen LogP contribution in [0.5, 0.6) is 0 Å². The first-order valence-corrected chi connectivity index (χ1v) is 6.55. The van der Waals surface area contributed by atoms with Gasteiger partial charge < -0.3 is 4.74 Å². The van der Waals surface area contributed by atoms with Crippen LogP contribution >= 0.6 is 11.3 Å². The first kappa shape index (κ1) is 12.7. The fourth-order valence-electron chi connectivity index (χ4n) is 1.64. The predicted octanol–water partition coefficient (Wildman–Crippen LogP) is 2.62. The van der Waals surface area contributed by atoms with Crippen molar-refractivity contribution in [3.05, 3.63) is 34.3 Å². The summed E-state index contributed by atoms with van der Waals surface area (Å²) in [4.78, 5) is 21.2. The number of hydrogen-bond donors (Lipinski definition) is 0. The average molecular weight is 262 g/mol. The number of carbonyl (C=O) groups is 1. The van der Waals surface area contributed by atoms with E-state index in [1.807, 2.05) is 25.1 Å². The quantitative estimate of drug-likeness (QED) is 0.795. The smallest absolute Gasteiger partial charge is 0.311 e. The second kappa shape index (κ2) is 5.73. The van der Waals surface area contributed by atoms with Crippen molar-refractivity contribution in [1.82, 2.24) is 9.97 Å². The van der Waals surface area contributed by atoms with Crippen LogP contribution in [0.1, 0.15) is 16.8 Å². The molecule has 0 aliphatic heterocycles. The topological polar surface area (TPSA) is 52.1 Å². The van der Waals surface area contributed by atoms with E-state index in [0.29, 0.717) is 6.61 Å². The number of nitrogens with zero attached hydrogens (tertiary/aromatic N) is 2. The van der Waals surface area contributed by atoms with E-state index in [9.17, 15) is 4.79 Å². The number of esters is 1. The lowest BCUT2D eigenvalue weighted by molar-refractivity contribution is -0.142. The molecular formula is C13H14N2O2S. The van der Waals surface area contributed by atoms with Gasteiger partial charge in [-0.2, -0.15) is 0 Å². The molecule has 0 unspecified atom stereocenters. The Labute approximate surface area is 110 Å². The van der Waals surface area contributed by atoms with Gasteiger partial charge in [0.25, 0.3) is 0 Å². The Morgan fingerprint density at radius 3 is 2.94 bits per heavy atom. The fraction of sp³-hybridized carbons (Fsp3) is 0.308. The number of aromatic nitrogens is 2. The zero-order valence-corrected chi connectivity index (χ0v) is 11.2. The summed E-state index contributed by atoms with van der Waals surface area (Å²) >= 11 is 1.51. The zero-order chi connectivity index (χ0) is 13.0. The summed E-state index contributed by atoms with van der Waals surface area (Å²) in [5, 5.41) is 0.926. The second-order valence-corrected chi connectivity index (χ2v) is 4.99. The van der Waals surface area contributed by atoms with Gasteiger partial charge in [0.1, 0.15) is 5.69 Å². The molecule has 0 spiro atoms. The molecule has 2 aromatic heterocycles. The number of aryl methyl sites for hydroxylation is 1. The Bertz CT molecular complexity index is 537. The van der Waals surface area contributed by atoms with Crippen LogP contribution in [0.4, 0.5) is 0 Å². The summed E-state index contributed by atoms with van der Waals surface area (Å²) in [7, 11) is 0. The van der Waals surface area contributed by atoms with Crippen molar-refractivity contribution in [3.63, 3.8) is 0 Å². The third kappa shape index (κ3) is 2.92. The van der Waals surface area contributed by atoms with Crippen molar-refractivity contribution in [1.29, 1.82) is 0 Å². The summed E-state index contributed by atoms with van der Waals surface area (Å²) in [6, 6.07) is 5.65. The number of carbonyl (C=O) groups excluding carboxylic acids is 1. The van der Waals surface area contributed by atoms with Crippen molar-refractivity contribution in [2.24, 2.45) is 0 Å². The fourth-order valence-corrected chi connectivity index (χ4v) is 2.57. The standard InChI is InChI=1S/C13H14N2O2S/c1-3-17-12(16)8-11-13(15-9(2)18-11)10-6-4-5-7-14-10/h4-7H,3,8H2,1-2H3. The molecule has 0 fully saturated rings. The van der Waals surface area contributed by atoms with Crippen molar-refractivity contribution in [2.45, 2.75) is 20.3 Å². The number of ether oxygens (including phenoxy) is 1. The van der Waals surface area contributed by atoms with Gasteiger partial charge in [-0.15, -0.1) is 11.3 Å². The molecule has 4 nitrogen and oxygen atoms in total. The van der Waals surface area contributed by atoms with Gasteiger partial charge in [-0.05, 0) is 26.0 Å². The van der Waals surface area contributed by atoms with Crippen molar-refractivity contribution >= 4 is 17.3 Å². The molecule has 0 aliphatic rings. The molecule has 2 rings (SSSR count). The van der Waals surface area contributed by atoms with E-state index in [4.69, 9.17) is 4.74 Å². The SMILES string of the molecule is CCOC(=O)Cc1sc(C)nc1-c1ccccn1. The number of rotatable bonds is 4. The Kier molecular flexibility index (Phi) is 4.04. The molecule has 94 valence electrons. The lowest BCUT2D eigenvalue weighted by atomic mass is 10.2. The lowest BCUT2D eigenvalue weighted by Gasteiger charge is -2.02. The lowest BCUT2D eigenvalue weighted by Crippen LogP contribution is -2.07. The Hall–Kier alpha value is -1.75. The van der Waals surface area contributed by atoms with Crippen LogP contribution in [0.15, 0.2) is 24.4 Å². The summed E-state index contributed by atoms with van der Waals surface area (Å²) in [6.45, 7) is 4.12. The molecule has 2 heterocycles. The minimum absolute atomic E-state index is 0.224. The number of thiazole rings is 1. The molecule has 0 amide bonds. The Morgan fingerprint density at radius 1 is 1.44 bits per heavy atom. The van der Waals surface area contributed by atoms with E-state index in [2.05, 4.69) is 9.97 Å². The highest BCUT2D eigenvalue weighted by molar-refractivity contribution is 7.12. The maximum absolute atomic E-state index is 11.5. The minimum Gasteiger partial charge on any atom is -0.466 e. The van der Waals surface area contributed by atoms with E-state index < -0.39 is 0 Å². The third-order valence-electron chi connectivity index (χ3n) is 2.32. The van der Waals surface area contributed by atoms with E-state index in [1.54, 1.807) is 13.1 Å². The van der Waals surface area contributed by atoms with Gasteiger partial charge in [0.05, 0.1) is 23.7 Å². The summed E-state index contributed by atoms with van der Waals surface area (Å²) in [5.74, 6) is -0.224. The van der Waals surface area contributed by atoms with Gasteiger partial charge in [-0.3, -0.25) is 9.78 Å². The maximum atomic E-state index is 11.5. The van der Waals surface area contributed by atoms with Crippen molar-refractivity contribution in [2.75, 3.05) is 6.61 Å². The van der Waals surface area contributed by atoms with E-state index in [-0.39, 0.29) is 12.4 Å². The van der Waals surface area contributed by atoms with Gasteiger partial charge in [0, 0.05) is 11.1 Å². The molecular weight excluding hydrogens is 248 g/mol.